The van der Waals surface area contributed by atoms with Crippen molar-refractivity contribution in [3.63, 3.8) is 0 Å². The molecule has 0 aliphatic heterocycles. The molecule has 2 rings (SSSR count). The van der Waals surface area contributed by atoms with Crippen LogP contribution in [0.5, 0.6) is 5.75 Å². The molecule has 0 atom stereocenters. The third-order valence-electron chi connectivity index (χ3n) is 3.28. The highest BCUT2D eigenvalue weighted by Crippen LogP contribution is 2.18. The Morgan fingerprint density at radius 3 is 2.33 bits per heavy atom. The average Bonchev–Trinajstić information content (AvgIpc) is 2.55. The summed E-state index contributed by atoms with van der Waals surface area (Å²) in [5, 5.41) is 3.43. The zero-order chi connectivity index (χ0) is 14.9. The number of nitrogens with one attached hydrogen (secondary N) is 1. The predicted molar refractivity (Wildman–Crippen MR) is 92.4 cm³/mol. The van der Waals surface area contributed by atoms with Gasteiger partial charge in [-0.1, -0.05) is 25.5 Å². The van der Waals surface area contributed by atoms with E-state index in [-0.39, 0.29) is 0 Å². The van der Waals surface area contributed by atoms with Gasteiger partial charge in [0.2, 0.25) is 0 Å². The highest BCUT2D eigenvalue weighted by atomic mass is 32.2. The van der Waals surface area contributed by atoms with Gasteiger partial charge >= 0.3 is 0 Å². The summed E-state index contributed by atoms with van der Waals surface area (Å²) >= 11 is 1.76. The molecule has 0 aromatic heterocycles. The van der Waals surface area contributed by atoms with Crippen molar-refractivity contribution in [2.24, 2.45) is 0 Å². The van der Waals surface area contributed by atoms with Gasteiger partial charge in [-0.05, 0) is 54.6 Å². The molecule has 0 fully saturated rings. The molecule has 1 N–H and O–H groups in total. The fourth-order valence-electron chi connectivity index (χ4n) is 1.95. The summed E-state index contributed by atoms with van der Waals surface area (Å²) in [7, 11) is 0. The van der Waals surface area contributed by atoms with Gasteiger partial charge < -0.3 is 10.1 Å². The molecule has 0 amide bonds. The molecule has 0 bridgehead atoms. The van der Waals surface area contributed by atoms with Gasteiger partial charge in [0.25, 0.3) is 0 Å². The van der Waals surface area contributed by atoms with Crippen LogP contribution in [-0.2, 0) is 6.54 Å². The molecule has 0 unspecified atom stereocenters. The number of anilines is 1. The van der Waals surface area contributed by atoms with Crippen molar-refractivity contribution < 1.29 is 4.74 Å². The number of hydrogen-bond donors (Lipinski definition) is 1. The number of benzene rings is 2. The molecule has 21 heavy (non-hydrogen) atoms. The Morgan fingerprint density at radius 1 is 1.00 bits per heavy atom. The molecule has 0 spiro atoms. The zero-order valence-corrected chi connectivity index (χ0v) is 13.6. The molecular formula is C18H23NOS. The standard InChI is InChI=1S/C18H23NOS/c1-3-4-13-20-17-9-5-15(6-10-17)14-19-16-7-11-18(21-2)12-8-16/h5-12,19H,3-4,13-14H2,1-2H3. The van der Waals surface area contributed by atoms with Gasteiger partial charge in [0.1, 0.15) is 5.75 Å². The van der Waals surface area contributed by atoms with Crippen molar-refractivity contribution in [3.8, 4) is 5.75 Å². The minimum absolute atomic E-state index is 0.801. The van der Waals surface area contributed by atoms with Gasteiger partial charge in [-0.2, -0.15) is 0 Å². The summed E-state index contributed by atoms with van der Waals surface area (Å²) in [4.78, 5) is 1.29. The van der Waals surface area contributed by atoms with Crippen molar-refractivity contribution in [3.05, 3.63) is 54.1 Å². The van der Waals surface area contributed by atoms with Crippen LogP contribution in [0.3, 0.4) is 0 Å². The van der Waals surface area contributed by atoms with E-state index in [0.29, 0.717) is 0 Å². The fraction of sp³-hybridized carbons (Fsp3) is 0.333. The Morgan fingerprint density at radius 2 is 1.71 bits per heavy atom. The van der Waals surface area contributed by atoms with Crippen LogP contribution >= 0.6 is 11.8 Å². The average molecular weight is 301 g/mol. The van der Waals surface area contributed by atoms with Crippen LogP contribution in [0.15, 0.2) is 53.4 Å². The summed E-state index contributed by atoms with van der Waals surface area (Å²) in [6.07, 6.45) is 4.36. The highest BCUT2D eigenvalue weighted by Gasteiger charge is 1.97. The smallest absolute Gasteiger partial charge is 0.119 e. The van der Waals surface area contributed by atoms with Gasteiger partial charge in [0, 0.05) is 17.1 Å². The first-order valence-electron chi connectivity index (χ1n) is 7.41. The third kappa shape index (κ3) is 5.35. The Hall–Kier alpha value is -1.61. The summed E-state index contributed by atoms with van der Waals surface area (Å²) in [6.45, 7) is 3.80. The number of ether oxygens (including phenoxy) is 1. The minimum atomic E-state index is 0.801. The fourth-order valence-corrected chi connectivity index (χ4v) is 2.36. The van der Waals surface area contributed by atoms with Crippen LogP contribution in [0.1, 0.15) is 25.3 Å². The minimum Gasteiger partial charge on any atom is -0.494 e. The van der Waals surface area contributed by atoms with Crippen LogP contribution in [0.4, 0.5) is 5.69 Å². The van der Waals surface area contributed by atoms with Gasteiger partial charge in [-0.15, -0.1) is 11.8 Å². The summed E-state index contributed by atoms with van der Waals surface area (Å²) in [5.74, 6) is 0.955. The van der Waals surface area contributed by atoms with Crippen LogP contribution in [0, 0.1) is 0 Å². The Bertz CT molecular complexity index is 522. The number of rotatable bonds is 8. The number of hydrogen-bond acceptors (Lipinski definition) is 3. The first-order chi connectivity index (χ1) is 10.3. The zero-order valence-electron chi connectivity index (χ0n) is 12.8. The molecule has 3 heteroatoms. The molecule has 0 heterocycles. The molecule has 0 saturated heterocycles. The molecule has 0 radical (unpaired) electrons. The van der Waals surface area contributed by atoms with E-state index in [9.17, 15) is 0 Å². The lowest BCUT2D eigenvalue weighted by Gasteiger charge is -2.09. The highest BCUT2D eigenvalue weighted by molar-refractivity contribution is 7.98. The van der Waals surface area contributed by atoms with Crippen LogP contribution in [-0.4, -0.2) is 12.9 Å². The maximum absolute atomic E-state index is 5.67. The quantitative estimate of drug-likeness (QED) is 0.535. The summed E-state index contributed by atoms with van der Waals surface area (Å²) in [6, 6.07) is 16.8. The largest absolute Gasteiger partial charge is 0.494 e. The second-order valence-electron chi connectivity index (χ2n) is 4.93. The molecule has 112 valence electrons. The van der Waals surface area contributed by atoms with Crippen molar-refractivity contribution in [2.75, 3.05) is 18.2 Å². The maximum Gasteiger partial charge on any atom is 0.119 e. The summed E-state index contributed by atoms with van der Waals surface area (Å²) < 4.78 is 5.67. The van der Waals surface area contributed by atoms with E-state index < -0.39 is 0 Å². The van der Waals surface area contributed by atoms with Crippen molar-refractivity contribution in [2.45, 2.75) is 31.2 Å². The second kappa shape index (κ2) is 8.63. The maximum atomic E-state index is 5.67. The summed E-state index contributed by atoms with van der Waals surface area (Å²) in [5.41, 5.74) is 2.41. The molecule has 0 saturated carbocycles. The van der Waals surface area contributed by atoms with E-state index >= 15 is 0 Å². The number of thioether (sulfide) groups is 1. The van der Waals surface area contributed by atoms with Crippen molar-refractivity contribution in [1.29, 1.82) is 0 Å². The molecular weight excluding hydrogens is 278 g/mol. The molecule has 2 aromatic rings. The van der Waals surface area contributed by atoms with Gasteiger partial charge in [-0.3, -0.25) is 0 Å². The van der Waals surface area contributed by atoms with Crippen LogP contribution < -0.4 is 10.1 Å². The lowest BCUT2D eigenvalue weighted by molar-refractivity contribution is 0.309. The lowest BCUT2D eigenvalue weighted by atomic mass is 10.2. The van der Waals surface area contributed by atoms with E-state index in [1.165, 1.54) is 10.5 Å². The topological polar surface area (TPSA) is 21.3 Å². The third-order valence-corrected chi connectivity index (χ3v) is 4.02. The first-order valence-corrected chi connectivity index (χ1v) is 8.64. The van der Waals surface area contributed by atoms with Gasteiger partial charge in [0.05, 0.1) is 6.61 Å². The van der Waals surface area contributed by atoms with E-state index in [0.717, 1.165) is 37.4 Å². The molecule has 0 aliphatic carbocycles. The number of unbranched alkanes of at least 4 members (excludes halogenated alkanes) is 1. The Balaban J connectivity index is 1.82. The van der Waals surface area contributed by atoms with Crippen LogP contribution in [0.2, 0.25) is 0 Å². The normalized spacial score (nSPS) is 10.4. The van der Waals surface area contributed by atoms with E-state index in [1.807, 2.05) is 12.1 Å². The Labute approximate surface area is 131 Å². The Kier molecular flexibility index (Phi) is 6.48. The van der Waals surface area contributed by atoms with Gasteiger partial charge in [-0.25, -0.2) is 0 Å². The van der Waals surface area contributed by atoms with E-state index in [1.54, 1.807) is 11.8 Å². The van der Waals surface area contributed by atoms with Gasteiger partial charge in [0.15, 0.2) is 0 Å². The monoisotopic (exact) mass is 301 g/mol. The van der Waals surface area contributed by atoms with Crippen molar-refractivity contribution >= 4 is 17.4 Å². The van der Waals surface area contributed by atoms with E-state index in [2.05, 4.69) is 54.9 Å². The second-order valence-corrected chi connectivity index (χ2v) is 5.81. The first kappa shape index (κ1) is 15.8. The SMILES string of the molecule is CCCCOc1ccc(CNc2ccc(SC)cc2)cc1. The molecule has 2 aromatic carbocycles. The van der Waals surface area contributed by atoms with Crippen molar-refractivity contribution in [1.82, 2.24) is 0 Å². The molecule has 0 aliphatic rings. The van der Waals surface area contributed by atoms with Crippen LogP contribution in [0.25, 0.3) is 0 Å². The predicted octanol–water partition coefficient (Wildman–Crippen LogP) is 5.20. The molecule has 2 nitrogen and oxygen atoms in total. The lowest BCUT2D eigenvalue weighted by Crippen LogP contribution is -2.00. The van der Waals surface area contributed by atoms with E-state index in [4.69, 9.17) is 4.74 Å².